The molecule has 0 N–H and O–H groups in total. The van der Waals surface area contributed by atoms with Crippen LogP contribution >= 0.6 is 0 Å². The summed E-state index contributed by atoms with van der Waals surface area (Å²) in [6.07, 6.45) is 4.25. The normalized spacial score (nSPS) is 16.9. The molecular weight excluding hydrogens is 228 g/mol. The standard InChI is InChI=1S/C14H22N2O2/c1-11(12-6-7-12)15(2)10-14(17)16(3)9-13-5-4-8-18-13/h4-5,8,11-12H,6-7,9-10H2,1-3H3. The summed E-state index contributed by atoms with van der Waals surface area (Å²) in [5.74, 6) is 1.75. The Balaban J connectivity index is 1.79. The number of hydrogen-bond donors (Lipinski definition) is 0. The zero-order chi connectivity index (χ0) is 13.1. The van der Waals surface area contributed by atoms with Gasteiger partial charge in [0.05, 0.1) is 19.4 Å². The molecule has 1 aliphatic rings. The highest BCUT2D eigenvalue weighted by molar-refractivity contribution is 5.77. The lowest BCUT2D eigenvalue weighted by molar-refractivity contribution is -0.132. The van der Waals surface area contributed by atoms with Gasteiger partial charge in [-0.1, -0.05) is 0 Å². The molecule has 4 nitrogen and oxygen atoms in total. The molecule has 1 aromatic heterocycles. The van der Waals surface area contributed by atoms with Crippen LogP contribution in [0.3, 0.4) is 0 Å². The molecular formula is C14H22N2O2. The number of nitrogens with zero attached hydrogens (tertiary/aromatic N) is 2. The summed E-state index contributed by atoms with van der Waals surface area (Å²) in [5.41, 5.74) is 0. The van der Waals surface area contributed by atoms with Gasteiger partial charge < -0.3 is 9.32 Å². The fourth-order valence-electron chi connectivity index (χ4n) is 2.14. The monoisotopic (exact) mass is 250 g/mol. The number of rotatable bonds is 6. The van der Waals surface area contributed by atoms with Gasteiger partial charge in [-0.05, 0) is 44.9 Å². The maximum absolute atomic E-state index is 12.1. The van der Waals surface area contributed by atoms with Gasteiger partial charge in [0.2, 0.25) is 5.91 Å². The summed E-state index contributed by atoms with van der Waals surface area (Å²) in [6.45, 7) is 3.23. The zero-order valence-corrected chi connectivity index (χ0v) is 11.4. The quantitative estimate of drug-likeness (QED) is 0.774. The molecule has 4 heteroatoms. The number of furan rings is 1. The van der Waals surface area contributed by atoms with Crippen LogP contribution in [-0.4, -0.2) is 42.4 Å². The number of hydrogen-bond acceptors (Lipinski definition) is 3. The summed E-state index contributed by atoms with van der Waals surface area (Å²) in [7, 11) is 3.85. The summed E-state index contributed by atoms with van der Waals surface area (Å²) in [5, 5.41) is 0. The molecule has 0 bridgehead atoms. The van der Waals surface area contributed by atoms with Crippen molar-refractivity contribution < 1.29 is 9.21 Å². The fraction of sp³-hybridized carbons (Fsp3) is 0.643. The van der Waals surface area contributed by atoms with Gasteiger partial charge in [0, 0.05) is 13.1 Å². The molecule has 0 aliphatic heterocycles. The Morgan fingerprint density at radius 1 is 1.50 bits per heavy atom. The lowest BCUT2D eigenvalue weighted by Gasteiger charge is -2.26. The number of amides is 1. The van der Waals surface area contributed by atoms with E-state index in [-0.39, 0.29) is 5.91 Å². The molecule has 1 atom stereocenters. The average molecular weight is 250 g/mol. The maximum atomic E-state index is 12.1. The van der Waals surface area contributed by atoms with Crippen molar-refractivity contribution in [1.29, 1.82) is 0 Å². The van der Waals surface area contributed by atoms with E-state index in [4.69, 9.17) is 4.42 Å². The topological polar surface area (TPSA) is 36.7 Å². The average Bonchev–Trinajstić information content (AvgIpc) is 3.07. The van der Waals surface area contributed by atoms with Crippen LogP contribution in [-0.2, 0) is 11.3 Å². The van der Waals surface area contributed by atoms with Gasteiger partial charge in [-0.3, -0.25) is 9.69 Å². The van der Waals surface area contributed by atoms with Gasteiger partial charge in [-0.2, -0.15) is 0 Å². The van der Waals surface area contributed by atoms with E-state index in [1.165, 1.54) is 12.8 Å². The third kappa shape index (κ3) is 3.35. The van der Waals surface area contributed by atoms with E-state index in [0.29, 0.717) is 19.1 Å². The van der Waals surface area contributed by atoms with Crippen molar-refractivity contribution in [1.82, 2.24) is 9.80 Å². The Bertz CT molecular complexity index is 385. The Hall–Kier alpha value is -1.29. The second-order valence-electron chi connectivity index (χ2n) is 5.32. The Morgan fingerprint density at radius 3 is 2.78 bits per heavy atom. The van der Waals surface area contributed by atoms with Gasteiger partial charge >= 0.3 is 0 Å². The molecule has 100 valence electrons. The highest BCUT2D eigenvalue weighted by Gasteiger charge is 2.31. The minimum atomic E-state index is 0.140. The molecule has 0 radical (unpaired) electrons. The van der Waals surface area contributed by atoms with Crippen molar-refractivity contribution in [2.75, 3.05) is 20.6 Å². The maximum Gasteiger partial charge on any atom is 0.236 e. The van der Waals surface area contributed by atoms with Gasteiger partial charge in [-0.25, -0.2) is 0 Å². The molecule has 0 saturated heterocycles. The highest BCUT2D eigenvalue weighted by Crippen LogP contribution is 2.34. The van der Waals surface area contributed by atoms with Crippen molar-refractivity contribution >= 4 is 5.91 Å². The Kier molecular flexibility index (Phi) is 4.07. The van der Waals surface area contributed by atoms with E-state index < -0.39 is 0 Å². The molecule has 1 amide bonds. The van der Waals surface area contributed by atoms with Crippen molar-refractivity contribution in [3.63, 3.8) is 0 Å². The van der Waals surface area contributed by atoms with Crippen LogP contribution in [0.2, 0.25) is 0 Å². The first-order valence-corrected chi connectivity index (χ1v) is 6.54. The zero-order valence-electron chi connectivity index (χ0n) is 11.4. The minimum Gasteiger partial charge on any atom is -0.467 e. The second kappa shape index (κ2) is 5.57. The van der Waals surface area contributed by atoms with E-state index in [1.807, 2.05) is 26.2 Å². The SMILES string of the molecule is CC(C1CC1)N(C)CC(=O)N(C)Cc1ccco1. The first kappa shape index (κ1) is 13.1. The van der Waals surface area contributed by atoms with E-state index in [2.05, 4.69) is 11.8 Å². The van der Waals surface area contributed by atoms with Crippen LogP contribution in [0.1, 0.15) is 25.5 Å². The van der Waals surface area contributed by atoms with E-state index in [1.54, 1.807) is 11.2 Å². The largest absolute Gasteiger partial charge is 0.467 e. The predicted molar refractivity (Wildman–Crippen MR) is 70.0 cm³/mol. The van der Waals surface area contributed by atoms with Crippen LogP contribution in [0.15, 0.2) is 22.8 Å². The first-order valence-electron chi connectivity index (χ1n) is 6.54. The molecule has 18 heavy (non-hydrogen) atoms. The van der Waals surface area contributed by atoms with Gasteiger partial charge in [0.1, 0.15) is 5.76 Å². The molecule has 1 saturated carbocycles. The van der Waals surface area contributed by atoms with Gasteiger partial charge in [-0.15, -0.1) is 0 Å². The molecule has 0 aromatic carbocycles. The molecule has 1 aliphatic carbocycles. The Morgan fingerprint density at radius 2 is 2.22 bits per heavy atom. The summed E-state index contributed by atoms with van der Waals surface area (Å²) >= 11 is 0. The van der Waals surface area contributed by atoms with Gasteiger partial charge in [0.25, 0.3) is 0 Å². The van der Waals surface area contributed by atoms with Gasteiger partial charge in [0.15, 0.2) is 0 Å². The molecule has 1 fully saturated rings. The van der Waals surface area contributed by atoms with Crippen LogP contribution in [0.5, 0.6) is 0 Å². The van der Waals surface area contributed by atoms with Crippen LogP contribution < -0.4 is 0 Å². The number of carbonyl (C=O) groups excluding carboxylic acids is 1. The smallest absolute Gasteiger partial charge is 0.236 e. The van der Waals surface area contributed by atoms with Crippen molar-refractivity contribution in [3.05, 3.63) is 24.2 Å². The highest BCUT2D eigenvalue weighted by atomic mass is 16.3. The molecule has 0 spiro atoms. The third-order valence-electron chi connectivity index (χ3n) is 3.78. The minimum absolute atomic E-state index is 0.140. The van der Waals surface area contributed by atoms with Crippen molar-refractivity contribution in [2.24, 2.45) is 5.92 Å². The molecule has 1 heterocycles. The fourth-order valence-corrected chi connectivity index (χ4v) is 2.14. The van der Waals surface area contributed by atoms with Crippen LogP contribution in [0.25, 0.3) is 0 Å². The summed E-state index contributed by atoms with van der Waals surface area (Å²) < 4.78 is 5.25. The summed E-state index contributed by atoms with van der Waals surface area (Å²) in [4.78, 5) is 15.9. The third-order valence-corrected chi connectivity index (χ3v) is 3.78. The lowest BCUT2D eigenvalue weighted by atomic mass is 10.2. The Labute approximate surface area is 109 Å². The van der Waals surface area contributed by atoms with E-state index >= 15 is 0 Å². The van der Waals surface area contributed by atoms with Crippen LogP contribution in [0.4, 0.5) is 0 Å². The predicted octanol–water partition coefficient (Wildman–Crippen LogP) is 1.97. The van der Waals surface area contributed by atoms with Crippen molar-refractivity contribution in [2.45, 2.75) is 32.4 Å². The molecule has 2 rings (SSSR count). The summed E-state index contributed by atoms with van der Waals surface area (Å²) in [6, 6.07) is 4.24. The molecule has 1 aromatic rings. The van der Waals surface area contributed by atoms with Crippen molar-refractivity contribution in [3.8, 4) is 0 Å². The first-order chi connectivity index (χ1) is 8.58. The number of carbonyl (C=O) groups is 1. The lowest BCUT2D eigenvalue weighted by Crippen LogP contribution is -2.40. The van der Waals surface area contributed by atoms with E-state index in [9.17, 15) is 4.79 Å². The second-order valence-corrected chi connectivity index (χ2v) is 5.32. The number of likely N-dealkylation sites (N-methyl/N-ethyl adjacent to an activating group) is 2. The van der Waals surface area contributed by atoms with E-state index in [0.717, 1.165) is 11.7 Å². The van der Waals surface area contributed by atoms with Crippen LogP contribution in [0, 0.1) is 5.92 Å². The molecule has 1 unspecified atom stereocenters.